The molecule has 2 aliphatic rings. The average Bonchev–Trinajstić information content (AvgIpc) is 3.15. The number of rotatable bonds is 4. The van der Waals surface area contributed by atoms with E-state index in [1.165, 1.54) is 0 Å². The summed E-state index contributed by atoms with van der Waals surface area (Å²) in [5, 5.41) is 3.29. The van der Waals surface area contributed by atoms with Crippen molar-refractivity contribution in [3.8, 4) is 11.5 Å². The van der Waals surface area contributed by atoms with Crippen molar-refractivity contribution >= 4 is 11.6 Å². The third kappa shape index (κ3) is 3.51. The van der Waals surface area contributed by atoms with Gasteiger partial charge < -0.3 is 24.4 Å². The van der Waals surface area contributed by atoms with Crippen molar-refractivity contribution < 1.29 is 19.0 Å². The standard InChI is InChI=1S/C18H19N3O4/c22-18(21-5-7-23-8-6-21)15-3-2-14(11-20-15)19-10-13-1-4-16-17(9-13)25-12-24-16/h1-4,9,11,19H,5-8,10,12H2. The molecule has 7 heteroatoms. The molecular formula is C18H19N3O4. The van der Waals surface area contributed by atoms with Gasteiger partial charge in [-0.15, -0.1) is 0 Å². The quantitative estimate of drug-likeness (QED) is 0.916. The van der Waals surface area contributed by atoms with Gasteiger partial charge in [-0.2, -0.15) is 0 Å². The summed E-state index contributed by atoms with van der Waals surface area (Å²) >= 11 is 0. The van der Waals surface area contributed by atoms with E-state index >= 15 is 0 Å². The molecular weight excluding hydrogens is 322 g/mol. The van der Waals surface area contributed by atoms with E-state index in [2.05, 4.69) is 10.3 Å². The number of aromatic nitrogens is 1. The Bertz CT molecular complexity index is 757. The summed E-state index contributed by atoms with van der Waals surface area (Å²) in [6.45, 7) is 3.31. The Kier molecular flexibility index (Phi) is 4.39. The molecule has 1 aromatic carbocycles. The fraction of sp³-hybridized carbons (Fsp3) is 0.333. The van der Waals surface area contributed by atoms with Crippen LogP contribution in [0.15, 0.2) is 36.5 Å². The maximum absolute atomic E-state index is 12.4. The number of carbonyl (C=O) groups is 1. The number of benzene rings is 1. The lowest BCUT2D eigenvalue weighted by molar-refractivity contribution is 0.0299. The van der Waals surface area contributed by atoms with E-state index in [-0.39, 0.29) is 12.7 Å². The number of fused-ring (bicyclic) bond motifs is 1. The molecule has 1 N–H and O–H groups in total. The van der Waals surface area contributed by atoms with Crippen molar-refractivity contribution in [2.75, 3.05) is 38.4 Å². The van der Waals surface area contributed by atoms with Crippen molar-refractivity contribution in [3.05, 3.63) is 47.8 Å². The van der Waals surface area contributed by atoms with Crippen LogP contribution in [0.25, 0.3) is 0 Å². The summed E-state index contributed by atoms with van der Waals surface area (Å²) in [7, 11) is 0. The molecule has 0 radical (unpaired) electrons. The van der Waals surface area contributed by atoms with E-state index in [1.807, 2.05) is 24.3 Å². The molecule has 0 atom stereocenters. The fourth-order valence-electron chi connectivity index (χ4n) is 2.81. The average molecular weight is 341 g/mol. The van der Waals surface area contributed by atoms with Crippen molar-refractivity contribution in [2.24, 2.45) is 0 Å². The van der Waals surface area contributed by atoms with Crippen LogP contribution in [0.5, 0.6) is 11.5 Å². The van der Waals surface area contributed by atoms with E-state index in [4.69, 9.17) is 14.2 Å². The lowest BCUT2D eigenvalue weighted by Crippen LogP contribution is -2.41. The summed E-state index contributed by atoms with van der Waals surface area (Å²) in [5.74, 6) is 1.49. The molecule has 0 spiro atoms. The highest BCUT2D eigenvalue weighted by Gasteiger charge is 2.19. The zero-order valence-corrected chi connectivity index (χ0v) is 13.7. The van der Waals surface area contributed by atoms with Crippen molar-refractivity contribution in [2.45, 2.75) is 6.54 Å². The normalized spacial score (nSPS) is 15.9. The second kappa shape index (κ2) is 6.98. The lowest BCUT2D eigenvalue weighted by Gasteiger charge is -2.26. The van der Waals surface area contributed by atoms with E-state index < -0.39 is 0 Å². The topological polar surface area (TPSA) is 72.9 Å². The third-order valence-corrected chi connectivity index (χ3v) is 4.21. The molecule has 4 rings (SSSR count). The predicted molar refractivity (Wildman–Crippen MR) is 90.9 cm³/mol. The fourth-order valence-corrected chi connectivity index (χ4v) is 2.81. The van der Waals surface area contributed by atoms with Gasteiger partial charge in [0.2, 0.25) is 6.79 Å². The highest BCUT2D eigenvalue weighted by molar-refractivity contribution is 5.92. The number of carbonyl (C=O) groups excluding carboxylic acids is 1. The van der Waals surface area contributed by atoms with Crippen LogP contribution in [0.3, 0.4) is 0 Å². The van der Waals surface area contributed by atoms with Gasteiger partial charge in [0.25, 0.3) is 5.91 Å². The number of hydrogen-bond donors (Lipinski definition) is 1. The number of ether oxygens (including phenoxy) is 3. The molecule has 1 saturated heterocycles. The number of morpholine rings is 1. The number of anilines is 1. The molecule has 1 aromatic heterocycles. The predicted octanol–water partition coefficient (Wildman–Crippen LogP) is 1.89. The molecule has 0 saturated carbocycles. The monoisotopic (exact) mass is 341 g/mol. The Morgan fingerprint density at radius 2 is 1.96 bits per heavy atom. The van der Waals surface area contributed by atoms with Crippen molar-refractivity contribution in [1.82, 2.24) is 9.88 Å². The molecule has 130 valence electrons. The van der Waals surface area contributed by atoms with Crippen molar-refractivity contribution in [3.63, 3.8) is 0 Å². The Morgan fingerprint density at radius 3 is 2.76 bits per heavy atom. The maximum atomic E-state index is 12.4. The van der Waals surface area contributed by atoms with Gasteiger partial charge in [-0.25, -0.2) is 4.98 Å². The second-order valence-electron chi connectivity index (χ2n) is 5.88. The molecule has 3 heterocycles. The van der Waals surface area contributed by atoms with E-state index in [0.717, 1.165) is 22.7 Å². The highest BCUT2D eigenvalue weighted by Crippen LogP contribution is 2.32. The SMILES string of the molecule is O=C(c1ccc(NCc2ccc3c(c2)OCO3)cn1)N1CCOCC1. The van der Waals surface area contributed by atoms with Gasteiger partial charge in [0, 0.05) is 19.6 Å². The van der Waals surface area contributed by atoms with Gasteiger partial charge in [0.1, 0.15) is 5.69 Å². The van der Waals surface area contributed by atoms with Crippen molar-refractivity contribution in [1.29, 1.82) is 0 Å². The van der Waals surface area contributed by atoms with Crippen LogP contribution in [0.2, 0.25) is 0 Å². The van der Waals surface area contributed by atoms with Crippen LogP contribution in [0, 0.1) is 0 Å². The molecule has 2 aromatic rings. The molecule has 1 fully saturated rings. The highest BCUT2D eigenvalue weighted by atomic mass is 16.7. The minimum absolute atomic E-state index is 0.0504. The first kappa shape index (κ1) is 15.7. The van der Waals surface area contributed by atoms with E-state index in [1.54, 1.807) is 17.2 Å². The van der Waals surface area contributed by atoms with Gasteiger partial charge in [0.15, 0.2) is 11.5 Å². The van der Waals surface area contributed by atoms with E-state index in [0.29, 0.717) is 38.5 Å². The van der Waals surface area contributed by atoms with Gasteiger partial charge in [-0.05, 0) is 29.8 Å². The Balaban J connectivity index is 1.36. The van der Waals surface area contributed by atoms with Crippen LogP contribution in [-0.4, -0.2) is 48.9 Å². The summed E-state index contributed by atoms with van der Waals surface area (Å²) in [5.41, 5.74) is 2.39. The van der Waals surface area contributed by atoms with E-state index in [9.17, 15) is 4.79 Å². The summed E-state index contributed by atoms with van der Waals surface area (Å²) < 4.78 is 15.9. The minimum atomic E-state index is -0.0504. The first-order valence-corrected chi connectivity index (χ1v) is 8.25. The maximum Gasteiger partial charge on any atom is 0.272 e. The Labute approximate surface area is 145 Å². The lowest BCUT2D eigenvalue weighted by atomic mass is 10.2. The summed E-state index contributed by atoms with van der Waals surface area (Å²) in [6, 6.07) is 9.47. The number of nitrogens with one attached hydrogen (secondary N) is 1. The Hall–Kier alpha value is -2.80. The van der Waals surface area contributed by atoms with Gasteiger partial charge in [-0.3, -0.25) is 4.79 Å². The van der Waals surface area contributed by atoms with Crippen LogP contribution in [0.4, 0.5) is 5.69 Å². The first-order chi connectivity index (χ1) is 12.3. The molecule has 0 unspecified atom stereocenters. The zero-order valence-electron chi connectivity index (χ0n) is 13.7. The van der Waals surface area contributed by atoms with Crippen LogP contribution >= 0.6 is 0 Å². The smallest absolute Gasteiger partial charge is 0.272 e. The minimum Gasteiger partial charge on any atom is -0.454 e. The molecule has 0 aliphatic carbocycles. The number of nitrogens with zero attached hydrogens (tertiary/aromatic N) is 2. The zero-order chi connectivity index (χ0) is 17.1. The molecule has 7 nitrogen and oxygen atoms in total. The van der Waals surface area contributed by atoms with Crippen LogP contribution in [-0.2, 0) is 11.3 Å². The van der Waals surface area contributed by atoms with Crippen LogP contribution in [0.1, 0.15) is 16.1 Å². The summed E-state index contributed by atoms with van der Waals surface area (Å²) in [4.78, 5) is 18.4. The number of hydrogen-bond acceptors (Lipinski definition) is 6. The third-order valence-electron chi connectivity index (χ3n) is 4.21. The molecule has 0 bridgehead atoms. The number of pyridine rings is 1. The van der Waals surface area contributed by atoms with Gasteiger partial charge in [-0.1, -0.05) is 6.07 Å². The largest absolute Gasteiger partial charge is 0.454 e. The first-order valence-electron chi connectivity index (χ1n) is 8.25. The van der Waals surface area contributed by atoms with Gasteiger partial charge in [0.05, 0.1) is 25.1 Å². The number of amides is 1. The molecule has 25 heavy (non-hydrogen) atoms. The Morgan fingerprint density at radius 1 is 1.12 bits per heavy atom. The summed E-state index contributed by atoms with van der Waals surface area (Å²) in [6.07, 6.45) is 1.68. The van der Waals surface area contributed by atoms with Crippen LogP contribution < -0.4 is 14.8 Å². The van der Waals surface area contributed by atoms with Gasteiger partial charge >= 0.3 is 0 Å². The molecule has 2 aliphatic heterocycles. The second-order valence-corrected chi connectivity index (χ2v) is 5.88. The molecule has 1 amide bonds.